The van der Waals surface area contributed by atoms with Gasteiger partial charge in [0.1, 0.15) is 12.0 Å². The van der Waals surface area contributed by atoms with E-state index in [-0.39, 0.29) is 5.69 Å². The van der Waals surface area contributed by atoms with Gasteiger partial charge >= 0.3 is 0 Å². The lowest BCUT2D eigenvalue weighted by atomic mass is 9.97. The SMILES string of the molecule is CNCC1CCCN(c2ncc([N+](=O)[O-])cc2C)C1. The lowest BCUT2D eigenvalue weighted by molar-refractivity contribution is -0.385. The molecule has 0 spiro atoms. The minimum atomic E-state index is -0.399. The Labute approximate surface area is 113 Å². The first-order valence-electron chi connectivity index (χ1n) is 6.62. The van der Waals surface area contributed by atoms with Gasteiger partial charge in [-0.2, -0.15) is 0 Å². The monoisotopic (exact) mass is 264 g/mol. The molecule has 1 unspecified atom stereocenters. The fourth-order valence-electron chi connectivity index (χ4n) is 2.70. The van der Waals surface area contributed by atoms with Crippen LogP contribution in [0.5, 0.6) is 0 Å². The predicted octanol–water partition coefficient (Wildman–Crippen LogP) is 1.73. The van der Waals surface area contributed by atoms with Crippen molar-refractivity contribution in [2.45, 2.75) is 19.8 Å². The molecule has 1 atom stereocenters. The molecule has 2 rings (SSSR count). The first kappa shape index (κ1) is 13.7. The van der Waals surface area contributed by atoms with E-state index in [4.69, 9.17) is 0 Å². The van der Waals surface area contributed by atoms with Crippen molar-refractivity contribution >= 4 is 11.5 Å². The fraction of sp³-hybridized carbons (Fsp3) is 0.615. The second-order valence-corrected chi connectivity index (χ2v) is 5.10. The Morgan fingerprint density at radius 1 is 1.63 bits per heavy atom. The molecule has 1 aromatic heterocycles. The maximum absolute atomic E-state index is 10.7. The summed E-state index contributed by atoms with van der Waals surface area (Å²) in [7, 11) is 1.97. The number of hydrogen-bond acceptors (Lipinski definition) is 5. The van der Waals surface area contributed by atoms with Gasteiger partial charge in [-0.15, -0.1) is 0 Å². The van der Waals surface area contributed by atoms with E-state index in [9.17, 15) is 10.1 Å². The molecule has 104 valence electrons. The highest BCUT2D eigenvalue weighted by atomic mass is 16.6. The highest BCUT2D eigenvalue weighted by Crippen LogP contribution is 2.26. The zero-order chi connectivity index (χ0) is 13.8. The first-order valence-corrected chi connectivity index (χ1v) is 6.62. The minimum absolute atomic E-state index is 0.0602. The molecule has 6 nitrogen and oxygen atoms in total. The Bertz CT molecular complexity index is 462. The second-order valence-electron chi connectivity index (χ2n) is 5.10. The zero-order valence-electron chi connectivity index (χ0n) is 11.4. The predicted molar refractivity (Wildman–Crippen MR) is 74.5 cm³/mol. The van der Waals surface area contributed by atoms with Gasteiger partial charge in [-0.25, -0.2) is 4.98 Å². The van der Waals surface area contributed by atoms with Gasteiger partial charge < -0.3 is 10.2 Å². The van der Waals surface area contributed by atoms with E-state index in [1.807, 2.05) is 14.0 Å². The number of nitrogens with one attached hydrogen (secondary N) is 1. The van der Waals surface area contributed by atoms with Crippen molar-refractivity contribution < 1.29 is 4.92 Å². The number of nitro groups is 1. The van der Waals surface area contributed by atoms with E-state index in [2.05, 4.69) is 15.2 Å². The van der Waals surface area contributed by atoms with Crippen LogP contribution in [-0.2, 0) is 0 Å². The summed E-state index contributed by atoms with van der Waals surface area (Å²) in [5.41, 5.74) is 0.935. The zero-order valence-corrected chi connectivity index (χ0v) is 11.4. The Morgan fingerprint density at radius 3 is 3.05 bits per heavy atom. The third kappa shape index (κ3) is 3.20. The van der Waals surface area contributed by atoms with E-state index in [1.165, 1.54) is 12.6 Å². The molecule has 1 N–H and O–H groups in total. The first-order chi connectivity index (χ1) is 9.11. The van der Waals surface area contributed by atoms with Crippen molar-refractivity contribution in [1.29, 1.82) is 0 Å². The van der Waals surface area contributed by atoms with Crippen molar-refractivity contribution in [1.82, 2.24) is 10.3 Å². The molecule has 6 heteroatoms. The highest BCUT2D eigenvalue weighted by Gasteiger charge is 2.22. The summed E-state index contributed by atoms with van der Waals surface area (Å²) in [5.74, 6) is 1.50. The maximum atomic E-state index is 10.7. The van der Waals surface area contributed by atoms with Gasteiger partial charge in [-0.1, -0.05) is 0 Å². The van der Waals surface area contributed by atoms with Crippen molar-refractivity contribution in [3.63, 3.8) is 0 Å². The molecule has 0 amide bonds. The number of piperidine rings is 1. The topological polar surface area (TPSA) is 71.3 Å². The number of anilines is 1. The van der Waals surface area contributed by atoms with E-state index >= 15 is 0 Å². The summed E-state index contributed by atoms with van der Waals surface area (Å²) in [5, 5.41) is 13.9. The standard InChI is InChI=1S/C13H20N4O2/c1-10-6-12(17(18)19)8-15-13(10)16-5-3-4-11(9-16)7-14-2/h6,8,11,14H,3-5,7,9H2,1-2H3. The molecule has 1 aromatic rings. The number of aryl methyl sites for hydroxylation is 1. The summed E-state index contributed by atoms with van der Waals surface area (Å²) in [6.45, 7) is 4.83. The lowest BCUT2D eigenvalue weighted by Crippen LogP contribution is -2.39. The van der Waals surface area contributed by atoms with Gasteiger partial charge in [0.25, 0.3) is 5.69 Å². The minimum Gasteiger partial charge on any atom is -0.356 e. The van der Waals surface area contributed by atoms with E-state index in [1.54, 1.807) is 6.07 Å². The van der Waals surface area contributed by atoms with E-state index in [0.29, 0.717) is 5.92 Å². The number of pyridine rings is 1. The van der Waals surface area contributed by atoms with Gasteiger partial charge in [0.2, 0.25) is 0 Å². The Kier molecular flexibility index (Phi) is 4.31. The van der Waals surface area contributed by atoms with Gasteiger partial charge in [-0.05, 0) is 44.8 Å². The fourth-order valence-corrected chi connectivity index (χ4v) is 2.70. The Morgan fingerprint density at radius 2 is 2.42 bits per heavy atom. The average Bonchev–Trinajstić information content (AvgIpc) is 2.39. The molecule has 1 aliphatic rings. The molecule has 2 heterocycles. The third-order valence-electron chi connectivity index (χ3n) is 3.56. The van der Waals surface area contributed by atoms with Crippen LogP contribution in [0.3, 0.4) is 0 Å². The average molecular weight is 264 g/mol. The Balaban J connectivity index is 2.15. The number of nitrogens with zero attached hydrogens (tertiary/aromatic N) is 3. The Hall–Kier alpha value is -1.69. The highest BCUT2D eigenvalue weighted by molar-refractivity contribution is 5.50. The molecule has 0 bridgehead atoms. The summed E-state index contributed by atoms with van der Waals surface area (Å²) in [6.07, 6.45) is 3.72. The summed E-state index contributed by atoms with van der Waals surface area (Å²) in [4.78, 5) is 16.8. The van der Waals surface area contributed by atoms with Crippen molar-refractivity contribution in [2.24, 2.45) is 5.92 Å². The maximum Gasteiger partial charge on any atom is 0.287 e. The van der Waals surface area contributed by atoms with Crippen LogP contribution in [0.4, 0.5) is 11.5 Å². The second kappa shape index (κ2) is 5.97. The van der Waals surface area contributed by atoms with Crippen LogP contribution in [-0.4, -0.2) is 36.6 Å². The van der Waals surface area contributed by atoms with Gasteiger partial charge in [-0.3, -0.25) is 10.1 Å². The number of aromatic nitrogens is 1. The molecule has 1 saturated heterocycles. The van der Waals surface area contributed by atoms with Crippen LogP contribution >= 0.6 is 0 Å². The number of hydrogen-bond donors (Lipinski definition) is 1. The molecular weight excluding hydrogens is 244 g/mol. The molecule has 1 aliphatic heterocycles. The summed E-state index contributed by atoms with van der Waals surface area (Å²) >= 11 is 0. The molecular formula is C13H20N4O2. The molecule has 0 aliphatic carbocycles. The molecule has 0 aromatic carbocycles. The largest absolute Gasteiger partial charge is 0.356 e. The number of rotatable bonds is 4. The molecule has 0 radical (unpaired) electrons. The smallest absolute Gasteiger partial charge is 0.287 e. The summed E-state index contributed by atoms with van der Waals surface area (Å²) < 4.78 is 0. The van der Waals surface area contributed by atoms with Crippen LogP contribution in [0.1, 0.15) is 18.4 Å². The van der Waals surface area contributed by atoms with Crippen molar-refractivity contribution in [2.75, 3.05) is 31.6 Å². The summed E-state index contributed by atoms with van der Waals surface area (Å²) in [6, 6.07) is 1.60. The van der Waals surface area contributed by atoms with Gasteiger partial charge in [0, 0.05) is 19.2 Å². The molecule has 19 heavy (non-hydrogen) atoms. The van der Waals surface area contributed by atoms with E-state index in [0.717, 1.165) is 37.4 Å². The van der Waals surface area contributed by atoms with Crippen LogP contribution < -0.4 is 10.2 Å². The quantitative estimate of drug-likeness (QED) is 0.662. The normalized spacial score (nSPS) is 19.5. The third-order valence-corrected chi connectivity index (χ3v) is 3.56. The van der Waals surface area contributed by atoms with Crippen LogP contribution in [0.25, 0.3) is 0 Å². The van der Waals surface area contributed by atoms with E-state index < -0.39 is 4.92 Å². The van der Waals surface area contributed by atoms with Crippen LogP contribution in [0.15, 0.2) is 12.3 Å². The van der Waals surface area contributed by atoms with Crippen molar-refractivity contribution in [3.05, 3.63) is 27.9 Å². The van der Waals surface area contributed by atoms with Crippen molar-refractivity contribution in [3.8, 4) is 0 Å². The van der Waals surface area contributed by atoms with Gasteiger partial charge in [0.15, 0.2) is 0 Å². The molecule has 0 saturated carbocycles. The molecule has 1 fully saturated rings. The van der Waals surface area contributed by atoms with Gasteiger partial charge in [0.05, 0.1) is 4.92 Å². The van der Waals surface area contributed by atoms with Crippen LogP contribution in [0, 0.1) is 23.0 Å². The van der Waals surface area contributed by atoms with Crippen LogP contribution in [0.2, 0.25) is 0 Å². The lowest BCUT2D eigenvalue weighted by Gasteiger charge is -2.34.